The fourth-order valence-corrected chi connectivity index (χ4v) is 1.66. The second kappa shape index (κ2) is 3.05. The highest BCUT2D eigenvalue weighted by molar-refractivity contribution is 5.69. The number of aromatic amines is 1. The third-order valence-electron chi connectivity index (χ3n) is 2.27. The molecule has 0 atom stereocenters. The van der Waals surface area contributed by atoms with Crippen molar-refractivity contribution in [2.45, 2.75) is 13.8 Å². The van der Waals surface area contributed by atoms with Crippen molar-refractivity contribution in [3.05, 3.63) is 41.7 Å². The van der Waals surface area contributed by atoms with E-state index in [-0.39, 0.29) is 0 Å². The van der Waals surface area contributed by atoms with Gasteiger partial charge < -0.3 is 0 Å². The summed E-state index contributed by atoms with van der Waals surface area (Å²) >= 11 is 0. The molecule has 2 nitrogen and oxygen atoms in total. The van der Waals surface area contributed by atoms with Crippen LogP contribution in [0.25, 0.3) is 11.1 Å². The summed E-state index contributed by atoms with van der Waals surface area (Å²) in [5.74, 6) is 0. The molecule has 0 saturated heterocycles. The molecule has 0 amide bonds. The van der Waals surface area contributed by atoms with Crippen molar-refractivity contribution in [3.8, 4) is 11.1 Å². The first-order valence-electron chi connectivity index (χ1n) is 4.34. The van der Waals surface area contributed by atoms with E-state index in [1.165, 1.54) is 16.7 Å². The summed E-state index contributed by atoms with van der Waals surface area (Å²) < 4.78 is 0. The molecule has 0 spiro atoms. The Hall–Kier alpha value is -1.57. The summed E-state index contributed by atoms with van der Waals surface area (Å²) in [6.45, 7) is 4.24. The van der Waals surface area contributed by atoms with Crippen LogP contribution in [0.3, 0.4) is 0 Å². The molecule has 0 radical (unpaired) electrons. The molecule has 0 aliphatic rings. The summed E-state index contributed by atoms with van der Waals surface area (Å²) in [5.41, 5.74) is 5.04. The van der Waals surface area contributed by atoms with Gasteiger partial charge in [0.1, 0.15) is 0 Å². The highest BCUT2D eigenvalue weighted by atomic mass is 15.1. The Balaban J connectivity index is 2.64. The monoisotopic (exact) mass is 172 g/mol. The maximum absolute atomic E-state index is 3.96. The van der Waals surface area contributed by atoms with Gasteiger partial charge in [-0.1, -0.05) is 18.2 Å². The van der Waals surface area contributed by atoms with E-state index in [0.717, 1.165) is 5.56 Å². The van der Waals surface area contributed by atoms with E-state index in [1.54, 1.807) is 0 Å². The Labute approximate surface area is 77.6 Å². The number of nitrogens with zero attached hydrogens (tertiary/aromatic N) is 1. The molecular formula is C11H12N2. The molecule has 1 aromatic heterocycles. The van der Waals surface area contributed by atoms with Crippen LogP contribution in [0.4, 0.5) is 0 Å². The van der Waals surface area contributed by atoms with Gasteiger partial charge in [0.2, 0.25) is 0 Å². The number of H-pyrrole nitrogens is 1. The van der Waals surface area contributed by atoms with Gasteiger partial charge in [-0.2, -0.15) is 5.10 Å². The summed E-state index contributed by atoms with van der Waals surface area (Å²) in [7, 11) is 0. The van der Waals surface area contributed by atoms with Gasteiger partial charge >= 0.3 is 0 Å². The van der Waals surface area contributed by atoms with E-state index in [0.29, 0.717) is 0 Å². The number of nitrogens with one attached hydrogen (secondary N) is 1. The predicted molar refractivity (Wildman–Crippen MR) is 53.5 cm³/mol. The van der Waals surface area contributed by atoms with E-state index in [4.69, 9.17) is 0 Å². The first kappa shape index (κ1) is 8.05. The number of hydrogen-bond acceptors (Lipinski definition) is 1. The van der Waals surface area contributed by atoms with E-state index in [1.807, 2.05) is 12.4 Å². The van der Waals surface area contributed by atoms with Crippen LogP contribution < -0.4 is 0 Å². The number of rotatable bonds is 1. The molecule has 1 heterocycles. The average molecular weight is 172 g/mol. The van der Waals surface area contributed by atoms with Gasteiger partial charge in [-0.3, -0.25) is 5.10 Å². The number of benzene rings is 1. The second-order valence-electron chi connectivity index (χ2n) is 3.25. The Bertz CT molecular complexity index is 382. The van der Waals surface area contributed by atoms with Gasteiger partial charge in [0.05, 0.1) is 6.20 Å². The summed E-state index contributed by atoms with van der Waals surface area (Å²) in [4.78, 5) is 0. The van der Waals surface area contributed by atoms with Crippen molar-refractivity contribution in [2.24, 2.45) is 0 Å². The lowest BCUT2D eigenvalue weighted by atomic mass is 9.98. The lowest BCUT2D eigenvalue weighted by Gasteiger charge is -2.06. The van der Waals surface area contributed by atoms with Crippen LogP contribution in [-0.4, -0.2) is 10.2 Å². The molecule has 2 aromatic rings. The SMILES string of the molecule is Cc1cccc(C)c1-c1cn[nH]c1. The topological polar surface area (TPSA) is 28.7 Å². The molecule has 0 aliphatic carbocycles. The highest BCUT2D eigenvalue weighted by Crippen LogP contribution is 2.25. The highest BCUT2D eigenvalue weighted by Gasteiger charge is 2.04. The third kappa shape index (κ3) is 1.35. The van der Waals surface area contributed by atoms with Gasteiger partial charge in [-0.05, 0) is 30.5 Å². The zero-order valence-corrected chi connectivity index (χ0v) is 7.83. The summed E-state index contributed by atoms with van der Waals surface area (Å²) in [6.07, 6.45) is 3.78. The molecular weight excluding hydrogens is 160 g/mol. The van der Waals surface area contributed by atoms with Crippen LogP contribution in [0, 0.1) is 13.8 Å². The first-order valence-corrected chi connectivity index (χ1v) is 4.34. The van der Waals surface area contributed by atoms with Gasteiger partial charge in [0, 0.05) is 11.8 Å². The molecule has 0 bridgehead atoms. The molecule has 1 N–H and O–H groups in total. The van der Waals surface area contributed by atoms with Crippen molar-refractivity contribution in [2.75, 3.05) is 0 Å². The predicted octanol–water partition coefficient (Wildman–Crippen LogP) is 2.69. The summed E-state index contributed by atoms with van der Waals surface area (Å²) in [5, 5.41) is 6.79. The minimum atomic E-state index is 1.16. The van der Waals surface area contributed by atoms with Crippen molar-refractivity contribution in [1.82, 2.24) is 10.2 Å². The van der Waals surface area contributed by atoms with Crippen molar-refractivity contribution in [1.29, 1.82) is 0 Å². The van der Waals surface area contributed by atoms with Gasteiger partial charge in [0.15, 0.2) is 0 Å². The average Bonchev–Trinajstić information content (AvgIpc) is 2.57. The van der Waals surface area contributed by atoms with Gasteiger partial charge in [0.25, 0.3) is 0 Å². The van der Waals surface area contributed by atoms with Gasteiger partial charge in [-0.15, -0.1) is 0 Å². The van der Waals surface area contributed by atoms with Crippen molar-refractivity contribution >= 4 is 0 Å². The number of aryl methyl sites for hydroxylation is 2. The molecule has 0 saturated carbocycles. The fourth-order valence-electron chi connectivity index (χ4n) is 1.66. The standard InChI is InChI=1S/C11H12N2/c1-8-4-3-5-9(2)11(8)10-6-12-13-7-10/h3-7H,1-2H3,(H,12,13). The largest absolute Gasteiger partial charge is 0.285 e. The molecule has 0 aliphatic heterocycles. The third-order valence-corrected chi connectivity index (χ3v) is 2.27. The zero-order chi connectivity index (χ0) is 9.26. The Kier molecular flexibility index (Phi) is 1.89. The zero-order valence-electron chi connectivity index (χ0n) is 7.83. The van der Waals surface area contributed by atoms with Crippen LogP contribution in [-0.2, 0) is 0 Å². The molecule has 0 unspecified atom stereocenters. The number of hydrogen-bond donors (Lipinski definition) is 1. The maximum Gasteiger partial charge on any atom is 0.0565 e. The molecule has 2 rings (SSSR count). The van der Waals surface area contributed by atoms with Crippen molar-refractivity contribution in [3.63, 3.8) is 0 Å². The molecule has 13 heavy (non-hydrogen) atoms. The fraction of sp³-hybridized carbons (Fsp3) is 0.182. The normalized spacial score (nSPS) is 10.3. The first-order chi connectivity index (χ1) is 6.29. The molecule has 1 aromatic carbocycles. The minimum Gasteiger partial charge on any atom is -0.285 e. The molecule has 2 heteroatoms. The molecule has 0 fully saturated rings. The van der Waals surface area contributed by atoms with Crippen LogP contribution in [0.5, 0.6) is 0 Å². The summed E-state index contributed by atoms with van der Waals surface area (Å²) in [6, 6.07) is 6.32. The Morgan fingerprint density at radius 1 is 1.15 bits per heavy atom. The second-order valence-corrected chi connectivity index (χ2v) is 3.25. The Morgan fingerprint density at radius 3 is 2.38 bits per heavy atom. The van der Waals surface area contributed by atoms with E-state index in [2.05, 4.69) is 42.2 Å². The van der Waals surface area contributed by atoms with Crippen molar-refractivity contribution < 1.29 is 0 Å². The number of aromatic nitrogens is 2. The lowest BCUT2D eigenvalue weighted by molar-refractivity contribution is 1.09. The van der Waals surface area contributed by atoms with Crippen LogP contribution in [0.15, 0.2) is 30.6 Å². The van der Waals surface area contributed by atoms with E-state index in [9.17, 15) is 0 Å². The van der Waals surface area contributed by atoms with Crippen LogP contribution in [0.1, 0.15) is 11.1 Å². The van der Waals surface area contributed by atoms with Crippen LogP contribution >= 0.6 is 0 Å². The quantitative estimate of drug-likeness (QED) is 0.704. The maximum atomic E-state index is 3.96. The molecule has 66 valence electrons. The minimum absolute atomic E-state index is 1.16. The smallest absolute Gasteiger partial charge is 0.0565 e. The van der Waals surface area contributed by atoms with E-state index < -0.39 is 0 Å². The van der Waals surface area contributed by atoms with Crippen LogP contribution in [0.2, 0.25) is 0 Å². The van der Waals surface area contributed by atoms with E-state index >= 15 is 0 Å². The lowest BCUT2D eigenvalue weighted by Crippen LogP contribution is -1.85. The Morgan fingerprint density at radius 2 is 1.85 bits per heavy atom. The van der Waals surface area contributed by atoms with Gasteiger partial charge in [-0.25, -0.2) is 0 Å².